The molecule has 0 aliphatic rings. The number of carbonyl (C=O) groups excluding carboxylic acids is 1. The summed E-state index contributed by atoms with van der Waals surface area (Å²) in [6.45, 7) is 9.48. The number of ether oxygens (including phenoxy) is 1. The number of hydrogen-bond donors (Lipinski definition) is 1. The van der Waals surface area contributed by atoms with Crippen LogP contribution in [0.2, 0.25) is 0 Å². The lowest BCUT2D eigenvalue weighted by Gasteiger charge is -2.16. The summed E-state index contributed by atoms with van der Waals surface area (Å²) in [4.78, 5) is 11.8. The van der Waals surface area contributed by atoms with E-state index in [-0.39, 0.29) is 12.2 Å². The molecule has 2 unspecified atom stereocenters. The van der Waals surface area contributed by atoms with Gasteiger partial charge in [-0.1, -0.05) is 91.4 Å². The lowest BCUT2D eigenvalue weighted by atomic mass is 9.91. The molecule has 0 aromatic carbocycles. The van der Waals surface area contributed by atoms with Crippen molar-refractivity contribution in [1.82, 2.24) is 5.32 Å². The third-order valence-corrected chi connectivity index (χ3v) is 4.99. The van der Waals surface area contributed by atoms with Gasteiger partial charge >= 0.3 is 6.09 Å². The van der Waals surface area contributed by atoms with Gasteiger partial charge in [-0.3, -0.25) is 0 Å². The van der Waals surface area contributed by atoms with Crippen molar-refractivity contribution in [1.29, 1.82) is 0 Å². The molecule has 0 saturated heterocycles. The Labute approximate surface area is 157 Å². The first-order chi connectivity index (χ1) is 12.1. The number of rotatable bonds is 17. The standard InChI is InChI=1S/C22H45NO2/c1-5-8-10-12-17-21(15-7-3)18-13-14-19-23-22(24)25-20(4)16-11-9-6-2/h20-21H,5-19H2,1-4H3,(H,23,24). The molecule has 0 aromatic heterocycles. The van der Waals surface area contributed by atoms with E-state index in [0.29, 0.717) is 0 Å². The highest BCUT2D eigenvalue weighted by Crippen LogP contribution is 2.21. The third kappa shape index (κ3) is 16.5. The fourth-order valence-corrected chi connectivity index (χ4v) is 3.41. The minimum absolute atomic E-state index is 0.0311. The van der Waals surface area contributed by atoms with Crippen LogP contribution in [-0.4, -0.2) is 18.7 Å². The highest BCUT2D eigenvalue weighted by molar-refractivity contribution is 5.67. The second-order valence-corrected chi connectivity index (χ2v) is 7.64. The molecule has 3 heteroatoms. The summed E-state index contributed by atoms with van der Waals surface area (Å²) in [5.74, 6) is 0.882. The fraction of sp³-hybridized carbons (Fsp3) is 0.955. The topological polar surface area (TPSA) is 38.3 Å². The average Bonchev–Trinajstić information content (AvgIpc) is 2.58. The Hall–Kier alpha value is -0.730. The highest BCUT2D eigenvalue weighted by Gasteiger charge is 2.10. The lowest BCUT2D eigenvalue weighted by molar-refractivity contribution is 0.101. The van der Waals surface area contributed by atoms with Gasteiger partial charge < -0.3 is 10.1 Å². The van der Waals surface area contributed by atoms with E-state index in [2.05, 4.69) is 26.1 Å². The summed E-state index contributed by atoms with van der Waals surface area (Å²) in [7, 11) is 0. The summed E-state index contributed by atoms with van der Waals surface area (Å²) in [5, 5.41) is 2.91. The van der Waals surface area contributed by atoms with Crippen LogP contribution in [0.1, 0.15) is 118 Å². The van der Waals surface area contributed by atoms with Crippen LogP contribution < -0.4 is 5.32 Å². The van der Waals surface area contributed by atoms with Gasteiger partial charge in [0, 0.05) is 6.54 Å². The van der Waals surface area contributed by atoms with Gasteiger partial charge in [-0.15, -0.1) is 0 Å². The molecule has 150 valence electrons. The normalized spacial score (nSPS) is 13.4. The SMILES string of the molecule is CCCCCCC(CCC)CCCCNC(=O)OC(C)CCCCC. The molecule has 25 heavy (non-hydrogen) atoms. The first-order valence-electron chi connectivity index (χ1n) is 11.1. The van der Waals surface area contributed by atoms with E-state index in [1.807, 2.05) is 6.92 Å². The van der Waals surface area contributed by atoms with Crippen molar-refractivity contribution >= 4 is 6.09 Å². The predicted molar refractivity (Wildman–Crippen MR) is 109 cm³/mol. The summed E-state index contributed by atoms with van der Waals surface area (Å²) in [6, 6.07) is 0. The van der Waals surface area contributed by atoms with Gasteiger partial charge in [0.05, 0.1) is 0 Å². The molecule has 1 N–H and O–H groups in total. The van der Waals surface area contributed by atoms with E-state index in [4.69, 9.17) is 4.74 Å². The summed E-state index contributed by atoms with van der Waals surface area (Å²) < 4.78 is 5.39. The number of hydrogen-bond acceptors (Lipinski definition) is 2. The second kappa shape index (κ2) is 18.1. The molecule has 0 rings (SSSR count). The molecule has 0 aromatic rings. The Balaban J connectivity index is 3.67. The van der Waals surface area contributed by atoms with Gasteiger partial charge in [-0.2, -0.15) is 0 Å². The molecule has 0 aliphatic carbocycles. The Morgan fingerprint density at radius 3 is 2.00 bits per heavy atom. The Bertz CT molecular complexity index is 294. The van der Waals surface area contributed by atoms with Crippen molar-refractivity contribution in [2.45, 2.75) is 124 Å². The molecule has 0 spiro atoms. The van der Waals surface area contributed by atoms with Crippen LogP contribution >= 0.6 is 0 Å². The van der Waals surface area contributed by atoms with E-state index in [9.17, 15) is 4.79 Å². The monoisotopic (exact) mass is 355 g/mol. The molecule has 0 radical (unpaired) electrons. The average molecular weight is 356 g/mol. The molecule has 0 aliphatic heterocycles. The zero-order chi connectivity index (χ0) is 18.8. The molecule has 0 fully saturated rings. The summed E-state index contributed by atoms with van der Waals surface area (Å²) in [6.07, 6.45) is 17.4. The van der Waals surface area contributed by atoms with Crippen LogP contribution in [0.25, 0.3) is 0 Å². The van der Waals surface area contributed by atoms with Gasteiger partial charge in [-0.05, 0) is 32.1 Å². The minimum atomic E-state index is -0.242. The molecule has 1 amide bonds. The Morgan fingerprint density at radius 2 is 1.36 bits per heavy atom. The van der Waals surface area contributed by atoms with Crippen molar-refractivity contribution in [2.24, 2.45) is 5.92 Å². The number of unbranched alkanes of at least 4 members (excludes halogenated alkanes) is 6. The van der Waals surface area contributed by atoms with Gasteiger partial charge in [0.25, 0.3) is 0 Å². The predicted octanol–water partition coefficient (Wildman–Crippen LogP) is 7.24. The maximum Gasteiger partial charge on any atom is 0.407 e. The van der Waals surface area contributed by atoms with Crippen molar-refractivity contribution in [3.8, 4) is 0 Å². The maximum atomic E-state index is 11.8. The zero-order valence-electron chi connectivity index (χ0n) is 17.6. The van der Waals surface area contributed by atoms with Gasteiger partial charge in [0.1, 0.15) is 6.10 Å². The number of nitrogens with one attached hydrogen (secondary N) is 1. The smallest absolute Gasteiger partial charge is 0.407 e. The van der Waals surface area contributed by atoms with Crippen LogP contribution in [0.4, 0.5) is 4.79 Å². The van der Waals surface area contributed by atoms with Crippen molar-refractivity contribution in [3.63, 3.8) is 0 Å². The van der Waals surface area contributed by atoms with E-state index in [1.54, 1.807) is 0 Å². The van der Waals surface area contributed by atoms with Crippen molar-refractivity contribution in [3.05, 3.63) is 0 Å². The number of alkyl carbamates (subject to hydrolysis) is 1. The van der Waals surface area contributed by atoms with Crippen LogP contribution in [0, 0.1) is 5.92 Å². The Morgan fingerprint density at radius 1 is 0.760 bits per heavy atom. The van der Waals surface area contributed by atoms with E-state index < -0.39 is 0 Å². The molecular formula is C22H45NO2. The number of amides is 1. The summed E-state index contributed by atoms with van der Waals surface area (Å²) >= 11 is 0. The minimum Gasteiger partial charge on any atom is -0.447 e. The molecule has 0 bridgehead atoms. The van der Waals surface area contributed by atoms with E-state index in [0.717, 1.165) is 31.7 Å². The van der Waals surface area contributed by atoms with Crippen LogP contribution in [0.15, 0.2) is 0 Å². The second-order valence-electron chi connectivity index (χ2n) is 7.64. The molecule has 0 saturated carbocycles. The van der Waals surface area contributed by atoms with Crippen LogP contribution in [-0.2, 0) is 4.74 Å². The number of carbonyl (C=O) groups is 1. The zero-order valence-corrected chi connectivity index (χ0v) is 17.6. The van der Waals surface area contributed by atoms with Crippen LogP contribution in [0.5, 0.6) is 0 Å². The largest absolute Gasteiger partial charge is 0.447 e. The van der Waals surface area contributed by atoms with Crippen LogP contribution in [0.3, 0.4) is 0 Å². The van der Waals surface area contributed by atoms with Crippen molar-refractivity contribution < 1.29 is 9.53 Å². The van der Waals surface area contributed by atoms with Gasteiger partial charge in [-0.25, -0.2) is 4.79 Å². The lowest BCUT2D eigenvalue weighted by Crippen LogP contribution is -2.28. The molecule has 3 nitrogen and oxygen atoms in total. The molecule has 0 heterocycles. The van der Waals surface area contributed by atoms with Gasteiger partial charge in [0.2, 0.25) is 0 Å². The Kier molecular flexibility index (Phi) is 17.5. The first kappa shape index (κ1) is 24.3. The maximum absolute atomic E-state index is 11.8. The highest BCUT2D eigenvalue weighted by atomic mass is 16.6. The summed E-state index contributed by atoms with van der Waals surface area (Å²) in [5.41, 5.74) is 0. The fourth-order valence-electron chi connectivity index (χ4n) is 3.41. The molecule has 2 atom stereocenters. The molecular weight excluding hydrogens is 310 g/mol. The first-order valence-corrected chi connectivity index (χ1v) is 11.1. The quantitative estimate of drug-likeness (QED) is 0.279. The van der Waals surface area contributed by atoms with E-state index in [1.165, 1.54) is 70.6 Å². The van der Waals surface area contributed by atoms with Crippen molar-refractivity contribution in [2.75, 3.05) is 6.54 Å². The van der Waals surface area contributed by atoms with Gasteiger partial charge in [0.15, 0.2) is 0 Å². The van der Waals surface area contributed by atoms with E-state index >= 15 is 0 Å². The third-order valence-electron chi connectivity index (χ3n) is 4.99.